The molecule has 6 nitrogen and oxygen atoms in total. The van der Waals surface area contributed by atoms with Gasteiger partial charge in [-0.15, -0.1) is 0 Å². The number of amides is 3. The van der Waals surface area contributed by atoms with Crippen molar-refractivity contribution in [2.24, 2.45) is 0 Å². The number of carbonyl (C=O) groups excluding carboxylic acids is 3. The van der Waals surface area contributed by atoms with Crippen molar-refractivity contribution in [2.75, 3.05) is 6.54 Å². The molecule has 150 valence electrons. The fourth-order valence-electron chi connectivity index (χ4n) is 3.38. The van der Waals surface area contributed by atoms with E-state index in [1.807, 2.05) is 36.4 Å². The zero-order valence-corrected chi connectivity index (χ0v) is 16.4. The quantitative estimate of drug-likeness (QED) is 0.499. The first-order valence-corrected chi connectivity index (χ1v) is 9.53. The van der Waals surface area contributed by atoms with Crippen LogP contribution >= 0.6 is 0 Å². The molecule has 0 bridgehead atoms. The van der Waals surface area contributed by atoms with E-state index < -0.39 is 17.5 Å². The van der Waals surface area contributed by atoms with E-state index in [2.05, 4.69) is 5.32 Å². The summed E-state index contributed by atoms with van der Waals surface area (Å²) in [5, 5.41) is 2.70. The van der Waals surface area contributed by atoms with Crippen LogP contribution in [-0.2, 0) is 10.3 Å². The highest BCUT2D eigenvalue weighted by molar-refractivity contribution is 6.11. The summed E-state index contributed by atoms with van der Waals surface area (Å²) in [7, 11) is 0. The second kappa shape index (κ2) is 7.83. The van der Waals surface area contributed by atoms with Crippen LogP contribution in [0.1, 0.15) is 22.8 Å². The topological polar surface area (TPSA) is 75.7 Å². The number of nitrogens with zero attached hydrogens (tertiary/aromatic N) is 1. The molecular weight excluding hydrogens is 380 g/mol. The van der Waals surface area contributed by atoms with Crippen LogP contribution < -0.4 is 10.1 Å². The Morgan fingerprint density at radius 2 is 1.43 bits per heavy atom. The highest BCUT2D eigenvalue weighted by Gasteiger charge is 2.49. The Balaban J connectivity index is 1.46. The highest BCUT2D eigenvalue weighted by Crippen LogP contribution is 2.29. The van der Waals surface area contributed by atoms with E-state index in [1.165, 1.54) is 0 Å². The summed E-state index contributed by atoms with van der Waals surface area (Å²) in [6.07, 6.45) is 0. The minimum atomic E-state index is -1.19. The molecule has 3 aromatic rings. The second-order valence-corrected chi connectivity index (χ2v) is 7.18. The van der Waals surface area contributed by atoms with E-state index in [-0.39, 0.29) is 12.3 Å². The second-order valence-electron chi connectivity index (χ2n) is 7.18. The molecule has 0 aliphatic carbocycles. The van der Waals surface area contributed by atoms with E-state index in [0.717, 1.165) is 4.90 Å². The van der Waals surface area contributed by atoms with Crippen molar-refractivity contribution in [1.82, 2.24) is 10.2 Å². The number of hydrogen-bond acceptors (Lipinski definition) is 4. The predicted octanol–water partition coefficient (Wildman–Crippen LogP) is 4.13. The number of ketones is 1. The van der Waals surface area contributed by atoms with Crippen LogP contribution in [0.25, 0.3) is 0 Å². The molecule has 0 saturated carbocycles. The fraction of sp³-hybridized carbons (Fsp3) is 0.125. The number of nitrogens with one attached hydrogen (secondary N) is 1. The average Bonchev–Trinajstić information content (AvgIpc) is 2.99. The summed E-state index contributed by atoms with van der Waals surface area (Å²) in [4.78, 5) is 39.0. The molecule has 0 aromatic heterocycles. The van der Waals surface area contributed by atoms with Gasteiger partial charge in [0, 0.05) is 5.56 Å². The third-order valence-electron chi connectivity index (χ3n) is 5.08. The number of hydrogen-bond donors (Lipinski definition) is 1. The SMILES string of the molecule is CC1(c2ccccc2)NC(=O)N(CC(=O)c2ccc(Oc3ccccc3)cc2)C1=O. The van der Waals surface area contributed by atoms with Crippen LogP contribution in [0.15, 0.2) is 84.9 Å². The summed E-state index contributed by atoms with van der Waals surface area (Å²) in [6.45, 7) is 1.31. The third kappa shape index (κ3) is 3.67. The zero-order chi connectivity index (χ0) is 21.1. The summed E-state index contributed by atoms with van der Waals surface area (Å²) in [5.74, 6) is 0.499. The van der Waals surface area contributed by atoms with Crippen LogP contribution in [0.2, 0.25) is 0 Å². The number of urea groups is 1. The minimum Gasteiger partial charge on any atom is -0.457 e. The number of Topliss-reactive ketones (excluding diaryl/α,β-unsaturated/α-hetero) is 1. The maximum absolute atomic E-state index is 12.9. The van der Waals surface area contributed by atoms with Gasteiger partial charge in [0.25, 0.3) is 5.91 Å². The van der Waals surface area contributed by atoms with Gasteiger partial charge in [0.15, 0.2) is 5.78 Å². The van der Waals surface area contributed by atoms with Gasteiger partial charge in [-0.25, -0.2) is 4.79 Å². The van der Waals surface area contributed by atoms with Crippen molar-refractivity contribution in [3.8, 4) is 11.5 Å². The predicted molar refractivity (Wildman–Crippen MR) is 111 cm³/mol. The maximum atomic E-state index is 12.9. The lowest BCUT2D eigenvalue weighted by atomic mass is 9.92. The summed E-state index contributed by atoms with van der Waals surface area (Å²) in [6, 6.07) is 24.3. The zero-order valence-electron chi connectivity index (χ0n) is 16.4. The molecule has 3 aromatic carbocycles. The first kappa shape index (κ1) is 19.4. The number of imide groups is 1. The molecule has 1 heterocycles. The molecule has 1 N–H and O–H groups in total. The number of carbonyl (C=O) groups is 3. The Morgan fingerprint density at radius 1 is 0.867 bits per heavy atom. The first-order chi connectivity index (χ1) is 14.5. The molecule has 0 spiro atoms. The molecule has 1 aliphatic rings. The van der Waals surface area contributed by atoms with Gasteiger partial charge in [-0.2, -0.15) is 0 Å². The number of ether oxygens (including phenoxy) is 1. The number of rotatable bonds is 6. The fourth-order valence-corrected chi connectivity index (χ4v) is 3.38. The Labute approximate surface area is 174 Å². The van der Waals surface area contributed by atoms with Gasteiger partial charge in [-0.1, -0.05) is 48.5 Å². The van der Waals surface area contributed by atoms with Gasteiger partial charge >= 0.3 is 6.03 Å². The lowest BCUT2D eigenvalue weighted by molar-refractivity contribution is -0.130. The Hall–Kier alpha value is -3.93. The van der Waals surface area contributed by atoms with Crippen molar-refractivity contribution in [3.05, 3.63) is 96.1 Å². The molecule has 4 rings (SSSR count). The monoisotopic (exact) mass is 400 g/mol. The average molecular weight is 400 g/mol. The van der Waals surface area contributed by atoms with Crippen LogP contribution in [0.4, 0.5) is 4.79 Å². The van der Waals surface area contributed by atoms with E-state index in [1.54, 1.807) is 55.5 Å². The minimum absolute atomic E-state index is 0.327. The van der Waals surface area contributed by atoms with Crippen molar-refractivity contribution in [3.63, 3.8) is 0 Å². The largest absolute Gasteiger partial charge is 0.457 e. The summed E-state index contributed by atoms with van der Waals surface area (Å²) in [5.41, 5.74) is -0.128. The molecular formula is C24H20N2O4. The first-order valence-electron chi connectivity index (χ1n) is 9.53. The van der Waals surface area contributed by atoms with Crippen molar-refractivity contribution < 1.29 is 19.1 Å². The van der Waals surface area contributed by atoms with Gasteiger partial charge < -0.3 is 10.1 Å². The lowest BCUT2D eigenvalue weighted by Crippen LogP contribution is -2.41. The molecule has 1 aliphatic heterocycles. The lowest BCUT2D eigenvalue weighted by Gasteiger charge is -2.22. The molecule has 30 heavy (non-hydrogen) atoms. The van der Waals surface area contributed by atoms with Crippen LogP contribution in [0.5, 0.6) is 11.5 Å². The smallest absolute Gasteiger partial charge is 0.325 e. The van der Waals surface area contributed by atoms with Crippen LogP contribution in [-0.4, -0.2) is 29.2 Å². The van der Waals surface area contributed by atoms with Crippen molar-refractivity contribution >= 4 is 17.7 Å². The maximum Gasteiger partial charge on any atom is 0.325 e. The Kier molecular flexibility index (Phi) is 5.06. The van der Waals surface area contributed by atoms with E-state index >= 15 is 0 Å². The third-order valence-corrected chi connectivity index (χ3v) is 5.08. The van der Waals surface area contributed by atoms with E-state index in [0.29, 0.717) is 22.6 Å². The number of para-hydroxylation sites is 1. The summed E-state index contributed by atoms with van der Waals surface area (Å²) >= 11 is 0. The van der Waals surface area contributed by atoms with Gasteiger partial charge in [0.05, 0.1) is 6.54 Å². The summed E-state index contributed by atoms with van der Waals surface area (Å²) < 4.78 is 5.72. The molecule has 0 radical (unpaired) electrons. The Bertz CT molecular complexity index is 1080. The van der Waals surface area contributed by atoms with Crippen molar-refractivity contribution in [2.45, 2.75) is 12.5 Å². The van der Waals surface area contributed by atoms with Crippen molar-refractivity contribution in [1.29, 1.82) is 0 Å². The standard InChI is InChI=1S/C24H20N2O4/c1-24(18-8-4-2-5-9-18)22(28)26(23(29)25-24)16-21(27)17-12-14-20(15-13-17)30-19-10-6-3-7-11-19/h2-15H,16H2,1H3,(H,25,29). The molecule has 1 unspecified atom stereocenters. The Morgan fingerprint density at radius 3 is 2.07 bits per heavy atom. The van der Waals surface area contributed by atoms with Crippen LogP contribution in [0, 0.1) is 0 Å². The van der Waals surface area contributed by atoms with Gasteiger partial charge in [0.2, 0.25) is 0 Å². The van der Waals surface area contributed by atoms with Crippen LogP contribution in [0.3, 0.4) is 0 Å². The molecule has 1 saturated heterocycles. The molecule has 3 amide bonds. The van der Waals surface area contributed by atoms with Gasteiger partial charge in [0.1, 0.15) is 17.0 Å². The molecule has 6 heteroatoms. The molecule has 1 fully saturated rings. The number of benzene rings is 3. The van der Waals surface area contributed by atoms with Gasteiger partial charge in [-0.05, 0) is 48.9 Å². The molecule has 1 atom stereocenters. The van der Waals surface area contributed by atoms with E-state index in [4.69, 9.17) is 4.74 Å². The van der Waals surface area contributed by atoms with E-state index in [9.17, 15) is 14.4 Å². The van der Waals surface area contributed by atoms with Gasteiger partial charge in [-0.3, -0.25) is 14.5 Å². The normalized spacial score (nSPS) is 18.2. The highest BCUT2D eigenvalue weighted by atomic mass is 16.5.